The SMILES string of the molecule is CN1CCN(S(=O)(=O)c2ccc(NC(=O)CCCCC(=O)Nc3ccc(S(=O)(=O)N4CCN(C)CC4)cc3)cc2)CC1. The molecule has 2 N–H and O–H groups in total. The number of sulfonamides is 2. The fourth-order valence-electron chi connectivity index (χ4n) is 4.79. The zero-order valence-corrected chi connectivity index (χ0v) is 25.8. The van der Waals surface area contributed by atoms with E-state index in [2.05, 4.69) is 20.4 Å². The highest BCUT2D eigenvalue weighted by molar-refractivity contribution is 7.89. The normalized spacial score (nSPS) is 18.0. The molecule has 2 saturated heterocycles. The molecule has 2 amide bonds. The fourth-order valence-corrected chi connectivity index (χ4v) is 7.64. The first-order valence-corrected chi connectivity index (χ1v) is 17.0. The first-order chi connectivity index (χ1) is 19.9. The van der Waals surface area contributed by atoms with Crippen LogP contribution in [0, 0.1) is 0 Å². The summed E-state index contributed by atoms with van der Waals surface area (Å²) < 4.78 is 54.4. The number of piperazine rings is 2. The number of carbonyl (C=O) groups excluding carboxylic acids is 2. The van der Waals surface area contributed by atoms with E-state index in [-0.39, 0.29) is 34.4 Å². The number of carbonyl (C=O) groups is 2. The third kappa shape index (κ3) is 8.36. The summed E-state index contributed by atoms with van der Waals surface area (Å²) in [5.74, 6) is -0.440. The average molecular weight is 621 g/mol. The smallest absolute Gasteiger partial charge is 0.243 e. The minimum atomic E-state index is -3.57. The summed E-state index contributed by atoms with van der Waals surface area (Å²) in [5, 5.41) is 5.54. The highest BCUT2D eigenvalue weighted by Gasteiger charge is 2.28. The van der Waals surface area contributed by atoms with Gasteiger partial charge in [-0.05, 0) is 75.5 Å². The van der Waals surface area contributed by atoms with E-state index < -0.39 is 20.0 Å². The number of nitrogens with zero attached hydrogens (tertiary/aromatic N) is 4. The lowest BCUT2D eigenvalue weighted by Crippen LogP contribution is -2.46. The number of likely N-dealkylation sites (N-methyl/N-ethyl adjacent to an activating group) is 2. The van der Waals surface area contributed by atoms with Gasteiger partial charge in [0.15, 0.2) is 0 Å². The first-order valence-electron chi connectivity index (χ1n) is 14.1. The molecule has 230 valence electrons. The van der Waals surface area contributed by atoms with Crippen LogP contribution in [0.15, 0.2) is 58.3 Å². The summed E-state index contributed by atoms with van der Waals surface area (Å²) in [7, 11) is -3.21. The Hall–Kier alpha value is -2.88. The topological polar surface area (TPSA) is 139 Å². The van der Waals surface area contributed by atoms with Crippen LogP contribution in [0.2, 0.25) is 0 Å². The summed E-state index contributed by atoms with van der Waals surface area (Å²) in [6.45, 7) is 4.54. The number of rotatable bonds is 11. The lowest BCUT2D eigenvalue weighted by atomic mass is 10.1. The molecule has 0 bridgehead atoms. The minimum Gasteiger partial charge on any atom is -0.326 e. The zero-order chi connectivity index (χ0) is 30.3. The van der Waals surface area contributed by atoms with E-state index in [0.29, 0.717) is 76.6 Å². The maximum Gasteiger partial charge on any atom is 0.243 e. The van der Waals surface area contributed by atoms with Gasteiger partial charge in [0.25, 0.3) is 0 Å². The van der Waals surface area contributed by atoms with Gasteiger partial charge < -0.3 is 20.4 Å². The predicted molar refractivity (Wildman–Crippen MR) is 161 cm³/mol. The van der Waals surface area contributed by atoms with Crippen molar-refractivity contribution in [3.63, 3.8) is 0 Å². The van der Waals surface area contributed by atoms with Crippen LogP contribution < -0.4 is 10.6 Å². The van der Waals surface area contributed by atoms with Gasteiger partial charge in [0.2, 0.25) is 31.9 Å². The maximum absolute atomic E-state index is 12.9. The monoisotopic (exact) mass is 620 g/mol. The molecule has 42 heavy (non-hydrogen) atoms. The van der Waals surface area contributed by atoms with Crippen LogP contribution in [-0.4, -0.2) is 114 Å². The van der Waals surface area contributed by atoms with Crippen LogP contribution in [0.25, 0.3) is 0 Å². The first kappa shape index (κ1) is 32.0. The van der Waals surface area contributed by atoms with Crippen LogP contribution in [0.4, 0.5) is 11.4 Å². The van der Waals surface area contributed by atoms with E-state index in [0.717, 1.165) is 0 Å². The van der Waals surface area contributed by atoms with Crippen molar-refractivity contribution in [1.82, 2.24) is 18.4 Å². The molecule has 0 saturated carbocycles. The van der Waals surface area contributed by atoms with Crippen molar-refractivity contribution in [1.29, 1.82) is 0 Å². The molecule has 0 aliphatic carbocycles. The fraction of sp³-hybridized carbons (Fsp3) is 0.500. The standard InChI is InChI=1S/C28H40N6O6S2/c1-31-15-19-33(20-16-31)41(37,38)25-11-7-23(8-12-25)29-27(35)5-3-4-6-28(36)30-24-9-13-26(14-10-24)42(39,40)34-21-17-32(2)18-22-34/h7-14H,3-6,15-22H2,1-2H3,(H,29,35)(H,30,36). The summed E-state index contributed by atoms with van der Waals surface area (Å²) in [6.07, 6.45) is 1.43. The Labute approximate surface area is 248 Å². The molecule has 2 aliphatic rings. The second-order valence-electron chi connectivity index (χ2n) is 10.8. The molecule has 4 rings (SSSR count). The molecular formula is C28H40N6O6S2. The number of benzene rings is 2. The average Bonchev–Trinajstić information content (AvgIpc) is 2.96. The Morgan fingerprint density at radius 1 is 0.571 bits per heavy atom. The Morgan fingerprint density at radius 2 is 0.881 bits per heavy atom. The molecular weight excluding hydrogens is 580 g/mol. The maximum atomic E-state index is 12.9. The van der Waals surface area contributed by atoms with Crippen LogP contribution in [0.3, 0.4) is 0 Å². The third-order valence-corrected chi connectivity index (χ3v) is 11.4. The second kappa shape index (κ2) is 14.1. The number of hydrogen-bond acceptors (Lipinski definition) is 8. The molecule has 2 aromatic carbocycles. The van der Waals surface area contributed by atoms with E-state index in [4.69, 9.17) is 0 Å². The van der Waals surface area contributed by atoms with Crippen LogP contribution in [-0.2, 0) is 29.6 Å². The molecule has 2 aromatic rings. The quantitative estimate of drug-likeness (QED) is 0.362. The van der Waals surface area contributed by atoms with Gasteiger partial charge in [-0.1, -0.05) is 0 Å². The van der Waals surface area contributed by atoms with E-state index in [1.807, 2.05) is 14.1 Å². The highest BCUT2D eigenvalue weighted by Crippen LogP contribution is 2.21. The van der Waals surface area contributed by atoms with Crippen LogP contribution in [0.1, 0.15) is 25.7 Å². The van der Waals surface area contributed by atoms with Gasteiger partial charge in [0.1, 0.15) is 0 Å². The van der Waals surface area contributed by atoms with Gasteiger partial charge >= 0.3 is 0 Å². The number of anilines is 2. The molecule has 0 unspecified atom stereocenters. The van der Waals surface area contributed by atoms with Crippen molar-refractivity contribution in [2.75, 3.05) is 77.1 Å². The molecule has 0 atom stereocenters. The zero-order valence-electron chi connectivity index (χ0n) is 24.2. The van der Waals surface area contributed by atoms with Gasteiger partial charge in [-0.2, -0.15) is 8.61 Å². The van der Waals surface area contributed by atoms with Gasteiger partial charge in [-0.25, -0.2) is 16.8 Å². The number of amides is 2. The van der Waals surface area contributed by atoms with Gasteiger partial charge in [-0.3, -0.25) is 9.59 Å². The summed E-state index contributed by atoms with van der Waals surface area (Å²) in [4.78, 5) is 29.3. The Morgan fingerprint density at radius 3 is 1.19 bits per heavy atom. The van der Waals surface area contributed by atoms with Crippen molar-refractivity contribution >= 4 is 43.2 Å². The van der Waals surface area contributed by atoms with Gasteiger partial charge in [0, 0.05) is 76.6 Å². The summed E-state index contributed by atoms with van der Waals surface area (Å²) >= 11 is 0. The minimum absolute atomic E-state index is 0.197. The number of hydrogen-bond donors (Lipinski definition) is 2. The van der Waals surface area contributed by atoms with Crippen molar-refractivity contribution in [3.8, 4) is 0 Å². The van der Waals surface area contributed by atoms with Crippen LogP contribution in [0.5, 0.6) is 0 Å². The van der Waals surface area contributed by atoms with Crippen LogP contribution >= 0.6 is 0 Å². The van der Waals surface area contributed by atoms with E-state index in [1.54, 1.807) is 24.3 Å². The summed E-state index contributed by atoms with van der Waals surface area (Å²) in [5.41, 5.74) is 1.02. The molecule has 2 heterocycles. The van der Waals surface area contributed by atoms with E-state index in [1.165, 1.54) is 32.9 Å². The number of unbranched alkanes of at least 4 members (excludes halogenated alkanes) is 1. The molecule has 14 heteroatoms. The van der Waals surface area contributed by atoms with E-state index in [9.17, 15) is 26.4 Å². The van der Waals surface area contributed by atoms with Crippen molar-refractivity contribution in [2.24, 2.45) is 0 Å². The third-order valence-electron chi connectivity index (χ3n) is 7.53. The molecule has 12 nitrogen and oxygen atoms in total. The second-order valence-corrected chi connectivity index (χ2v) is 14.6. The van der Waals surface area contributed by atoms with Crippen molar-refractivity contribution in [2.45, 2.75) is 35.5 Å². The van der Waals surface area contributed by atoms with Gasteiger partial charge in [-0.15, -0.1) is 0 Å². The Kier molecular flexibility index (Phi) is 10.7. The molecule has 0 aromatic heterocycles. The molecule has 0 radical (unpaired) electrons. The Bertz CT molecular complexity index is 1320. The molecule has 2 fully saturated rings. The van der Waals surface area contributed by atoms with Crippen molar-refractivity contribution < 1.29 is 26.4 Å². The Balaban J connectivity index is 1.16. The lowest BCUT2D eigenvalue weighted by molar-refractivity contribution is -0.118. The van der Waals surface area contributed by atoms with Crippen molar-refractivity contribution in [3.05, 3.63) is 48.5 Å². The summed E-state index contributed by atoms with van der Waals surface area (Å²) in [6, 6.07) is 12.3. The van der Waals surface area contributed by atoms with E-state index >= 15 is 0 Å². The predicted octanol–water partition coefficient (Wildman–Crippen LogP) is 1.70. The largest absolute Gasteiger partial charge is 0.326 e. The molecule has 2 aliphatic heterocycles. The molecule has 0 spiro atoms. The van der Waals surface area contributed by atoms with Gasteiger partial charge in [0.05, 0.1) is 9.79 Å². The number of nitrogens with one attached hydrogen (secondary N) is 2. The lowest BCUT2D eigenvalue weighted by Gasteiger charge is -2.31. The highest BCUT2D eigenvalue weighted by atomic mass is 32.2.